The fourth-order valence-electron chi connectivity index (χ4n) is 1.54. The summed E-state index contributed by atoms with van der Waals surface area (Å²) in [5.41, 5.74) is 0.927. The molecule has 0 bridgehead atoms. The molecule has 1 aromatic rings. The fourth-order valence-corrected chi connectivity index (χ4v) is 1.54. The Labute approximate surface area is 82.8 Å². The summed E-state index contributed by atoms with van der Waals surface area (Å²) in [6, 6.07) is 5.08. The summed E-state index contributed by atoms with van der Waals surface area (Å²) in [7, 11) is 0. The molecule has 3 heteroatoms. The molecular formula is C11H14FNO. The molecule has 0 spiro atoms. The minimum atomic E-state index is -0.558. The van der Waals surface area contributed by atoms with Crippen LogP contribution < -0.4 is 5.32 Å². The van der Waals surface area contributed by atoms with Gasteiger partial charge in [-0.05, 0) is 30.5 Å². The first kappa shape index (κ1) is 9.46. The van der Waals surface area contributed by atoms with E-state index in [-0.39, 0.29) is 5.75 Å². The molecule has 0 unspecified atom stereocenters. The molecule has 0 saturated heterocycles. The molecule has 1 fully saturated rings. The van der Waals surface area contributed by atoms with E-state index >= 15 is 0 Å². The number of phenolic OH excluding ortho intramolecular Hbond substituents is 1. The van der Waals surface area contributed by atoms with Crippen LogP contribution in [-0.2, 0) is 6.54 Å². The minimum absolute atomic E-state index is 0.266. The van der Waals surface area contributed by atoms with Crippen molar-refractivity contribution < 1.29 is 9.50 Å². The summed E-state index contributed by atoms with van der Waals surface area (Å²) >= 11 is 0. The normalized spacial score (nSPS) is 16.6. The second kappa shape index (κ2) is 3.96. The number of halogens is 1. The zero-order valence-electron chi connectivity index (χ0n) is 7.96. The van der Waals surface area contributed by atoms with Gasteiger partial charge < -0.3 is 10.4 Å². The van der Waals surface area contributed by atoms with Crippen LogP contribution in [0.1, 0.15) is 24.8 Å². The first-order valence-corrected chi connectivity index (χ1v) is 4.96. The molecule has 0 atom stereocenters. The standard InChI is InChI=1S/C11H14FNO/c12-10-5-4-8(6-11(10)14)7-13-9-2-1-3-9/h4-6,9,13-14H,1-3,7H2. The van der Waals surface area contributed by atoms with Crippen LogP contribution in [0.25, 0.3) is 0 Å². The number of benzene rings is 1. The summed E-state index contributed by atoms with van der Waals surface area (Å²) in [6.45, 7) is 0.707. The molecule has 2 rings (SSSR count). The maximum Gasteiger partial charge on any atom is 0.164 e. The molecule has 1 aliphatic rings. The molecule has 0 amide bonds. The number of aromatic hydroxyl groups is 1. The lowest BCUT2D eigenvalue weighted by Gasteiger charge is -2.26. The summed E-state index contributed by atoms with van der Waals surface area (Å²) in [5, 5.41) is 12.5. The maximum atomic E-state index is 12.7. The van der Waals surface area contributed by atoms with E-state index in [9.17, 15) is 4.39 Å². The second-order valence-electron chi connectivity index (χ2n) is 3.79. The van der Waals surface area contributed by atoms with Crippen molar-refractivity contribution in [3.05, 3.63) is 29.6 Å². The van der Waals surface area contributed by atoms with Crippen LogP contribution in [0.15, 0.2) is 18.2 Å². The smallest absolute Gasteiger partial charge is 0.164 e. The van der Waals surface area contributed by atoms with Crippen molar-refractivity contribution in [1.82, 2.24) is 5.32 Å². The predicted molar refractivity (Wildman–Crippen MR) is 52.5 cm³/mol. The van der Waals surface area contributed by atoms with E-state index in [1.165, 1.54) is 31.4 Å². The van der Waals surface area contributed by atoms with Gasteiger partial charge in [0.2, 0.25) is 0 Å². The second-order valence-corrected chi connectivity index (χ2v) is 3.79. The predicted octanol–water partition coefficient (Wildman–Crippen LogP) is 2.17. The molecule has 2 N–H and O–H groups in total. The number of rotatable bonds is 3. The van der Waals surface area contributed by atoms with E-state index in [2.05, 4.69) is 5.32 Å². The van der Waals surface area contributed by atoms with E-state index < -0.39 is 5.82 Å². The molecule has 2 nitrogen and oxygen atoms in total. The maximum absolute atomic E-state index is 12.7. The fraction of sp³-hybridized carbons (Fsp3) is 0.455. The van der Waals surface area contributed by atoms with Crippen LogP contribution >= 0.6 is 0 Å². The van der Waals surface area contributed by atoms with E-state index in [4.69, 9.17) is 5.11 Å². The Bertz CT molecular complexity index is 323. The third-order valence-electron chi connectivity index (χ3n) is 2.71. The summed E-state index contributed by atoms with van der Waals surface area (Å²) in [4.78, 5) is 0. The van der Waals surface area contributed by atoms with Crippen LogP contribution in [0.5, 0.6) is 5.75 Å². The van der Waals surface area contributed by atoms with Gasteiger partial charge in [-0.3, -0.25) is 0 Å². The van der Waals surface area contributed by atoms with Crippen LogP contribution in [0, 0.1) is 5.82 Å². The average molecular weight is 195 g/mol. The highest BCUT2D eigenvalue weighted by atomic mass is 19.1. The first-order valence-electron chi connectivity index (χ1n) is 4.96. The van der Waals surface area contributed by atoms with Crippen molar-refractivity contribution in [3.63, 3.8) is 0 Å². The summed E-state index contributed by atoms with van der Waals surface area (Å²) in [6.07, 6.45) is 3.76. The third-order valence-corrected chi connectivity index (χ3v) is 2.71. The van der Waals surface area contributed by atoms with Crippen molar-refractivity contribution in [3.8, 4) is 5.75 Å². The number of phenols is 1. The lowest BCUT2D eigenvalue weighted by Crippen LogP contribution is -2.34. The van der Waals surface area contributed by atoms with E-state index in [1.54, 1.807) is 6.07 Å². The molecule has 76 valence electrons. The van der Waals surface area contributed by atoms with Crippen LogP contribution in [0.2, 0.25) is 0 Å². The van der Waals surface area contributed by atoms with E-state index in [1.807, 2.05) is 0 Å². The van der Waals surface area contributed by atoms with Crippen molar-refractivity contribution >= 4 is 0 Å². The van der Waals surface area contributed by atoms with Crippen molar-refractivity contribution in [2.24, 2.45) is 0 Å². The van der Waals surface area contributed by atoms with Gasteiger partial charge in [0.05, 0.1) is 0 Å². The number of hydrogen-bond acceptors (Lipinski definition) is 2. The van der Waals surface area contributed by atoms with Gasteiger partial charge in [-0.1, -0.05) is 12.5 Å². The van der Waals surface area contributed by atoms with Gasteiger partial charge in [0.25, 0.3) is 0 Å². The van der Waals surface area contributed by atoms with Crippen molar-refractivity contribution in [2.45, 2.75) is 31.8 Å². The molecule has 0 aliphatic heterocycles. The Hall–Kier alpha value is -1.09. The van der Waals surface area contributed by atoms with Crippen LogP contribution in [0.3, 0.4) is 0 Å². The van der Waals surface area contributed by atoms with Gasteiger partial charge in [-0.15, -0.1) is 0 Å². The lowest BCUT2D eigenvalue weighted by atomic mass is 9.93. The third kappa shape index (κ3) is 2.04. The number of hydrogen-bond donors (Lipinski definition) is 2. The highest BCUT2D eigenvalue weighted by Crippen LogP contribution is 2.20. The van der Waals surface area contributed by atoms with Gasteiger partial charge in [0.15, 0.2) is 11.6 Å². The van der Waals surface area contributed by atoms with Crippen LogP contribution in [0.4, 0.5) is 4.39 Å². The highest BCUT2D eigenvalue weighted by molar-refractivity contribution is 5.28. The van der Waals surface area contributed by atoms with Crippen molar-refractivity contribution in [1.29, 1.82) is 0 Å². The van der Waals surface area contributed by atoms with E-state index in [0.29, 0.717) is 12.6 Å². The largest absolute Gasteiger partial charge is 0.505 e. The quantitative estimate of drug-likeness (QED) is 0.774. The van der Waals surface area contributed by atoms with Crippen molar-refractivity contribution in [2.75, 3.05) is 0 Å². The minimum Gasteiger partial charge on any atom is -0.505 e. The Morgan fingerprint density at radius 3 is 2.79 bits per heavy atom. The Morgan fingerprint density at radius 2 is 2.21 bits per heavy atom. The molecule has 0 aromatic heterocycles. The lowest BCUT2D eigenvalue weighted by molar-refractivity contribution is 0.338. The molecule has 0 heterocycles. The first-order chi connectivity index (χ1) is 6.75. The summed E-state index contributed by atoms with van der Waals surface area (Å²) in [5.74, 6) is -0.824. The topological polar surface area (TPSA) is 32.3 Å². The van der Waals surface area contributed by atoms with Crippen LogP contribution in [-0.4, -0.2) is 11.1 Å². The number of nitrogens with one attached hydrogen (secondary N) is 1. The zero-order valence-corrected chi connectivity index (χ0v) is 7.96. The summed E-state index contributed by atoms with van der Waals surface area (Å²) < 4.78 is 12.7. The Balaban J connectivity index is 1.91. The SMILES string of the molecule is Oc1cc(CNC2CCC2)ccc1F. The average Bonchev–Trinajstić information content (AvgIpc) is 2.08. The zero-order chi connectivity index (χ0) is 9.97. The Kier molecular flexibility index (Phi) is 2.68. The molecule has 1 saturated carbocycles. The monoisotopic (exact) mass is 195 g/mol. The van der Waals surface area contributed by atoms with Gasteiger partial charge in [-0.25, -0.2) is 4.39 Å². The molecule has 1 aromatic carbocycles. The van der Waals surface area contributed by atoms with Gasteiger partial charge in [-0.2, -0.15) is 0 Å². The molecule has 14 heavy (non-hydrogen) atoms. The van der Waals surface area contributed by atoms with E-state index in [0.717, 1.165) is 5.56 Å². The van der Waals surface area contributed by atoms with Gasteiger partial charge >= 0.3 is 0 Å². The highest BCUT2D eigenvalue weighted by Gasteiger charge is 2.16. The van der Waals surface area contributed by atoms with Gasteiger partial charge in [0.1, 0.15) is 0 Å². The Morgan fingerprint density at radius 1 is 1.43 bits per heavy atom. The molecular weight excluding hydrogens is 181 g/mol. The molecule has 1 aliphatic carbocycles. The van der Waals surface area contributed by atoms with Gasteiger partial charge in [0, 0.05) is 12.6 Å². The molecule has 0 radical (unpaired) electrons.